The van der Waals surface area contributed by atoms with Gasteiger partial charge in [0, 0.05) is 25.0 Å². The smallest absolute Gasteiger partial charge is 0.224 e. The number of rotatable bonds is 5. The van der Waals surface area contributed by atoms with Gasteiger partial charge in [-0.1, -0.05) is 0 Å². The number of carbonyl (C=O) groups excluding carboxylic acids is 1. The van der Waals surface area contributed by atoms with Gasteiger partial charge in [0.15, 0.2) is 0 Å². The number of carbonyl (C=O) groups is 1. The van der Waals surface area contributed by atoms with E-state index in [4.69, 9.17) is 5.73 Å². The van der Waals surface area contributed by atoms with E-state index >= 15 is 0 Å². The van der Waals surface area contributed by atoms with Crippen molar-refractivity contribution >= 4 is 5.91 Å². The van der Waals surface area contributed by atoms with Crippen molar-refractivity contribution in [1.82, 2.24) is 10.3 Å². The van der Waals surface area contributed by atoms with E-state index in [2.05, 4.69) is 10.3 Å². The van der Waals surface area contributed by atoms with Crippen LogP contribution in [0.15, 0.2) is 24.5 Å². The van der Waals surface area contributed by atoms with Gasteiger partial charge in [0.1, 0.15) is 0 Å². The van der Waals surface area contributed by atoms with Gasteiger partial charge in [-0.05, 0) is 36.5 Å². The molecule has 0 saturated heterocycles. The molecule has 1 aliphatic carbocycles. The van der Waals surface area contributed by atoms with Crippen LogP contribution < -0.4 is 11.1 Å². The van der Waals surface area contributed by atoms with E-state index < -0.39 is 0 Å². The van der Waals surface area contributed by atoms with E-state index in [1.807, 2.05) is 12.1 Å². The first-order chi connectivity index (χ1) is 7.75. The van der Waals surface area contributed by atoms with Crippen LogP contribution in [-0.2, 0) is 11.2 Å². The highest BCUT2D eigenvalue weighted by Crippen LogP contribution is 2.31. The third kappa shape index (κ3) is 3.31. The predicted molar refractivity (Wildman–Crippen MR) is 61.7 cm³/mol. The van der Waals surface area contributed by atoms with Crippen LogP contribution in [-0.4, -0.2) is 23.5 Å². The van der Waals surface area contributed by atoms with Crippen molar-refractivity contribution in [2.24, 2.45) is 11.7 Å². The summed E-state index contributed by atoms with van der Waals surface area (Å²) in [6.45, 7) is 0.592. The third-order valence-electron chi connectivity index (χ3n) is 2.88. The predicted octanol–water partition coefficient (Wildman–Crippen LogP) is 0.478. The molecule has 1 unspecified atom stereocenters. The van der Waals surface area contributed by atoms with Gasteiger partial charge < -0.3 is 11.1 Å². The number of pyridine rings is 1. The summed E-state index contributed by atoms with van der Waals surface area (Å²) in [6.07, 6.45) is 6.21. The molecule has 0 bridgehead atoms. The van der Waals surface area contributed by atoms with E-state index in [0.29, 0.717) is 18.9 Å². The Kier molecular flexibility index (Phi) is 3.51. The molecule has 3 N–H and O–H groups in total. The van der Waals surface area contributed by atoms with E-state index in [0.717, 1.165) is 5.56 Å². The molecule has 4 heteroatoms. The molecule has 0 aromatic carbocycles. The summed E-state index contributed by atoms with van der Waals surface area (Å²) in [4.78, 5) is 15.5. The Morgan fingerprint density at radius 3 is 2.81 bits per heavy atom. The zero-order chi connectivity index (χ0) is 11.4. The molecule has 16 heavy (non-hydrogen) atoms. The van der Waals surface area contributed by atoms with Crippen LogP contribution in [0.5, 0.6) is 0 Å². The van der Waals surface area contributed by atoms with Gasteiger partial charge in [-0.3, -0.25) is 9.78 Å². The van der Waals surface area contributed by atoms with Crippen LogP contribution >= 0.6 is 0 Å². The summed E-state index contributed by atoms with van der Waals surface area (Å²) in [6, 6.07) is 3.82. The minimum absolute atomic E-state index is 0.0299. The number of nitrogens with one attached hydrogen (secondary N) is 1. The fraction of sp³-hybridized carbons (Fsp3) is 0.500. The van der Waals surface area contributed by atoms with Gasteiger partial charge in [0.2, 0.25) is 5.91 Å². The molecule has 0 aliphatic heterocycles. The van der Waals surface area contributed by atoms with Crippen LogP contribution in [0, 0.1) is 5.92 Å². The number of nitrogens with zero attached hydrogens (tertiary/aromatic N) is 1. The van der Waals surface area contributed by atoms with Gasteiger partial charge in [-0.2, -0.15) is 0 Å². The number of aromatic nitrogens is 1. The average molecular weight is 219 g/mol. The topological polar surface area (TPSA) is 68.0 Å². The molecule has 1 heterocycles. The first-order valence-corrected chi connectivity index (χ1v) is 5.67. The first-order valence-electron chi connectivity index (χ1n) is 5.67. The second kappa shape index (κ2) is 5.07. The van der Waals surface area contributed by atoms with Gasteiger partial charge >= 0.3 is 0 Å². The lowest BCUT2D eigenvalue weighted by Crippen LogP contribution is -2.39. The number of hydrogen-bond acceptors (Lipinski definition) is 3. The van der Waals surface area contributed by atoms with Crippen LogP contribution in [0.2, 0.25) is 0 Å². The Morgan fingerprint density at radius 1 is 1.50 bits per heavy atom. The summed E-state index contributed by atoms with van der Waals surface area (Å²) in [5.74, 6) is 0.656. The molecule has 2 rings (SSSR count). The summed E-state index contributed by atoms with van der Waals surface area (Å²) in [7, 11) is 0. The molecule has 4 nitrogen and oxygen atoms in total. The van der Waals surface area contributed by atoms with Crippen molar-refractivity contribution < 1.29 is 4.79 Å². The second-order valence-electron chi connectivity index (χ2n) is 4.34. The maximum Gasteiger partial charge on any atom is 0.224 e. The Labute approximate surface area is 95.3 Å². The SMILES string of the molecule is NC(CNC(=O)Cc1ccncc1)C1CC1. The normalized spacial score (nSPS) is 16.8. The van der Waals surface area contributed by atoms with E-state index in [-0.39, 0.29) is 11.9 Å². The molecular weight excluding hydrogens is 202 g/mol. The maximum absolute atomic E-state index is 11.6. The monoisotopic (exact) mass is 219 g/mol. The van der Waals surface area contributed by atoms with E-state index in [9.17, 15) is 4.79 Å². The molecule has 1 aliphatic rings. The molecule has 0 spiro atoms. The van der Waals surface area contributed by atoms with Crippen molar-refractivity contribution in [2.45, 2.75) is 25.3 Å². The standard InChI is InChI=1S/C12H17N3O/c13-11(10-1-2-10)8-15-12(16)7-9-3-5-14-6-4-9/h3-6,10-11H,1-2,7-8,13H2,(H,15,16). The van der Waals surface area contributed by atoms with Crippen LogP contribution in [0.3, 0.4) is 0 Å². The highest BCUT2D eigenvalue weighted by Gasteiger charge is 2.28. The minimum Gasteiger partial charge on any atom is -0.354 e. The lowest BCUT2D eigenvalue weighted by Gasteiger charge is -2.11. The van der Waals surface area contributed by atoms with Gasteiger partial charge in [-0.25, -0.2) is 0 Å². The fourth-order valence-corrected chi connectivity index (χ4v) is 1.67. The Balaban J connectivity index is 1.72. The van der Waals surface area contributed by atoms with Crippen LogP contribution in [0.25, 0.3) is 0 Å². The van der Waals surface area contributed by atoms with Crippen molar-refractivity contribution in [3.8, 4) is 0 Å². The van der Waals surface area contributed by atoms with Gasteiger partial charge in [0.05, 0.1) is 6.42 Å². The summed E-state index contributed by atoms with van der Waals surface area (Å²) in [5, 5.41) is 2.87. The quantitative estimate of drug-likeness (QED) is 0.756. The average Bonchev–Trinajstić information content (AvgIpc) is 3.11. The van der Waals surface area contributed by atoms with Crippen LogP contribution in [0.1, 0.15) is 18.4 Å². The van der Waals surface area contributed by atoms with Crippen molar-refractivity contribution in [3.63, 3.8) is 0 Å². The van der Waals surface area contributed by atoms with Crippen molar-refractivity contribution in [2.75, 3.05) is 6.54 Å². The Hall–Kier alpha value is -1.42. The maximum atomic E-state index is 11.6. The molecular formula is C12H17N3O. The highest BCUT2D eigenvalue weighted by molar-refractivity contribution is 5.78. The fourth-order valence-electron chi connectivity index (χ4n) is 1.67. The molecule has 1 atom stereocenters. The molecule has 1 fully saturated rings. The molecule has 1 aromatic rings. The van der Waals surface area contributed by atoms with Gasteiger partial charge in [-0.15, -0.1) is 0 Å². The number of nitrogens with two attached hydrogens (primary N) is 1. The van der Waals surface area contributed by atoms with Crippen molar-refractivity contribution in [1.29, 1.82) is 0 Å². The summed E-state index contributed by atoms with van der Waals surface area (Å²) < 4.78 is 0. The molecule has 1 saturated carbocycles. The molecule has 1 amide bonds. The zero-order valence-electron chi connectivity index (χ0n) is 9.23. The lowest BCUT2D eigenvalue weighted by atomic mass is 10.1. The third-order valence-corrected chi connectivity index (χ3v) is 2.88. The lowest BCUT2D eigenvalue weighted by molar-refractivity contribution is -0.120. The first kappa shape index (κ1) is 11.1. The number of amides is 1. The number of hydrogen-bond donors (Lipinski definition) is 2. The van der Waals surface area contributed by atoms with Crippen LogP contribution in [0.4, 0.5) is 0 Å². The molecule has 86 valence electrons. The zero-order valence-corrected chi connectivity index (χ0v) is 9.23. The molecule has 1 aromatic heterocycles. The minimum atomic E-state index is 0.0299. The van der Waals surface area contributed by atoms with E-state index in [1.54, 1.807) is 12.4 Å². The van der Waals surface area contributed by atoms with Crippen molar-refractivity contribution in [3.05, 3.63) is 30.1 Å². The molecule has 0 radical (unpaired) electrons. The Morgan fingerprint density at radius 2 is 2.19 bits per heavy atom. The van der Waals surface area contributed by atoms with E-state index in [1.165, 1.54) is 12.8 Å². The Bertz CT molecular complexity index is 349. The largest absolute Gasteiger partial charge is 0.354 e. The summed E-state index contributed by atoms with van der Waals surface area (Å²) in [5.41, 5.74) is 6.88. The van der Waals surface area contributed by atoms with Gasteiger partial charge in [0.25, 0.3) is 0 Å². The highest BCUT2D eigenvalue weighted by atomic mass is 16.1. The second-order valence-corrected chi connectivity index (χ2v) is 4.34. The summed E-state index contributed by atoms with van der Waals surface area (Å²) >= 11 is 0.